The van der Waals surface area contributed by atoms with Gasteiger partial charge in [0.25, 0.3) is 0 Å². The molecule has 0 radical (unpaired) electrons. The number of hydrogen-bond acceptors (Lipinski definition) is 4. The number of benzene rings is 3. The lowest BCUT2D eigenvalue weighted by atomic mass is 9.97. The standard InChI is InChI=1S/C28H35NO2S/c1-32-18-17-25(20-29-19-24-9-11-26(21-30)12-10-24)8-7-23-13-15-28(16-14-23)31-22-27-5-3-2-4-6-27/h2-6,9-16,25,29-30H,7-8,17-22H2,1H3. The first-order chi connectivity index (χ1) is 15.8. The fourth-order valence-electron chi connectivity index (χ4n) is 3.68. The number of hydrogen-bond donors (Lipinski definition) is 2. The predicted octanol–water partition coefficient (Wildman–Crippen LogP) is 5.85. The summed E-state index contributed by atoms with van der Waals surface area (Å²) in [6.45, 7) is 2.60. The first kappa shape index (κ1) is 24.4. The van der Waals surface area contributed by atoms with E-state index in [0.29, 0.717) is 12.5 Å². The molecule has 1 atom stereocenters. The van der Waals surface area contributed by atoms with Crippen molar-refractivity contribution in [1.82, 2.24) is 5.32 Å². The van der Waals surface area contributed by atoms with Crippen LogP contribution in [0.25, 0.3) is 0 Å². The number of aryl methyl sites for hydroxylation is 1. The second-order valence-corrected chi connectivity index (χ2v) is 9.20. The number of aliphatic hydroxyl groups is 1. The summed E-state index contributed by atoms with van der Waals surface area (Å²) >= 11 is 1.92. The smallest absolute Gasteiger partial charge is 0.119 e. The van der Waals surface area contributed by atoms with E-state index in [9.17, 15) is 5.11 Å². The lowest BCUT2D eigenvalue weighted by Gasteiger charge is -2.18. The molecule has 170 valence electrons. The van der Waals surface area contributed by atoms with Crippen molar-refractivity contribution in [2.24, 2.45) is 5.92 Å². The highest BCUT2D eigenvalue weighted by Gasteiger charge is 2.09. The molecule has 2 N–H and O–H groups in total. The van der Waals surface area contributed by atoms with E-state index >= 15 is 0 Å². The van der Waals surface area contributed by atoms with E-state index in [1.807, 2.05) is 42.1 Å². The van der Waals surface area contributed by atoms with Gasteiger partial charge in [0.1, 0.15) is 12.4 Å². The summed E-state index contributed by atoms with van der Waals surface area (Å²) < 4.78 is 5.91. The normalized spacial score (nSPS) is 11.9. The molecule has 0 fully saturated rings. The Bertz CT molecular complexity index is 882. The minimum absolute atomic E-state index is 0.102. The fraction of sp³-hybridized carbons (Fsp3) is 0.357. The van der Waals surface area contributed by atoms with Crippen molar-refractivity contribution in [3.05, 3.63) is 101 Å². The summed E-state index contributed by atoms with van der Waals surface area (Å²) in [7, 11) is 0. The summed E-state index contributed by atoms with van der Waals surface area (Å²) in [6.07, 6.45) is 5.68. The van der Waals surface area contributed by atoms with Crippen LogP contribution in [0.3, 0.4) is 0 Å². The van der Waals surface area contributed by atoms with Crippen LogP contribution in [0.15, 0.2) is 78.9 Å². The van der Waals surface area contributed by atoms with Crippen LogP contribution in [0.2, 0.25) is 0 Å². The molecule has 0 bridgehead atoms. The van der Waals surface area contributed by atoms with Gasteiger partial charge in [-0.2, -0.15) is 11.8 Å². The van der Waals surface area contributed by atoms with Crippen LogP contribution >= 0.6 is 11.8 Å². The molecule has 3 rings (SSSR count). The third-order valence-corrected chi connectivity index (χ3v) is 6.35. The van der Waals surface area contributed by atoms with Gasteiger partial charge in [0.15, 0.2) is 0 Å². The number of ether oxygens (including phenoxy) is 1. The van der Waals surface area contributed by atoms with Gasteiger partial charge in [-0.25, -0.2) is 0 Å². The fourth-order valence-corrected chi connectivity index (χ4v) is 4.25. The van der Waals surface area contributed by atoms with E-state index in [4.69, 9.17) is 4.74 Å². The van der Waals surface area contributed by atoms with E-state index in [0.717, 1.165) is 30.8 Å². The Kier molecular flexibility index (Phi) is 10.7. The lowest BCUT2D eigenvalue weighted by Crippen LogP contribution is -2.23. The topological polar surface area (TPSA) is 41.5 Å². The molecule has 0 aliphatic heterocycles. The minimum Gasteiger partial charge on any atom is -0.489 e. The Labute approximate surface area is 197 Å². The summed E-state index contributed by atoms with van der Waals surface area (Å²) in [5.41, 5.74) is 4.77. The second-order valence-electron chi connectivity index (χ2n) is 8.21. The van der Waals surface area contributed by atoms with Crippen LogP contribution < -0.4 is 10.1 Å². The molecule has 32 heavy (non-hydrogen) atoms. The maximum Gasteiger partial charge on any atom is 0.119 e. The summed E-state index contributed by atoms with van der Waals surface area (Å²) in [5, 5.41) is 12.8. The third kappa shape index (κ3) is 8.70. The quantitative estimate of drug-likeness (QED) is 0.324. The maximum absolute atomic E-state index is 9.18. The zero-order valence-corrected chi connectivity index (χ0v) is 19.8. The molecular weight excluding hydrogens is 414 g/mol. The molecule has 1 unspecified atom stereocenters. The van der Waals surface area contributed by atoms with Crippen molar-refractivity contribution < 1.29 is 9.84 Å². The lowest BCUT2D eigenvalue weighted by molar-refractivity contribution is 0.282. The SMILES string of the molecule is CSCCC(CCc1ccc(OCc2ccccc2)cc1)CNCc1ccc(CO)cc1. The zero-order valence-electron chi connectivity index (χ0n) is 19.0. The summed E-state index contributed by atoms with van der Waals surface area (Å²) in [6, 6.07) is 27.0. The second kappa shape index (κ2) is 14.0. The number of rotatable bonds is 14. The van der Waals surface area contributed by atoms with Crippen LogP contribution in [0.1, 0.15) is 35.1 Å². The summed E-state index contributed by atoms with van der Waals surface area (Å²) in [4.78, 5) is 0. The number of nitrogens with one attached hydrogen (secondary N) is 1. The van der Waals surface area contributed by atoms with E-state index in [1.165, 1.54) is 35.3 Å². The van der Waals surface area contributed by atoms with Crippen molar-refractivity contribution in [3.63, 3.8) is 0 Å². The molecule has 0 saturated heterocycles. The average Bonchev–Trinajstić information content (AvgIpc) is 2.85. The molecule has 3 nitrogen and oxygen atoms in total. The molecule has 0 aliphatic carbocycles. The van der Waals surface area contributed by atoms with E-state index in [1.54, 1.807) is 0 Å². The van der Waals surface area contributed by atoms with Gasteiger partial charge in [0.05, 0.1) is 6.61 Å². The maximum atomic E-state index is 9.18. The molecule has 3 aromatic carbocycles. The van der Waals surface area contributed by atoms with Crippen molar-refractivity contribution >= 4 is 11.8 Å². The molecule has 0 saturated carbocycles. The van der Waals surface area contributed by atoms with Crippen LogP contribution in [0.4, 0.5) is 0 Å². The van der Waals surface area contributed by atoms with Gasteiger partial charge in [-0.3, -0.25) is 0 Å². The van der Waals surface area contributed by atoms with Crippen LogP contribution in [-0.4, -0.2) is 23.7 Å². The van der Waals surface area contributed by atoms with Crippen molar-refractivity contribution in [3.8, 4) is 5.75 Å². The minimum atomic E-state index is 0.102. The largest absolute Gasteiger partial charge is 0.489 e. The molecule has 3 aromatic rings. The van der Waals surface area contributed by atoms with E-state index in [-0.39, 0.29) is 6.61 Å². The predicted molar refractivity (Wildman–Crippen MR) is 136 cm³/mol. The molecule has 0 aliphatic rings. The van der Waals surface area contributed by atoms with Gasteiger partial charge < -0.3 is 15.2 Å². The molecule has 0 amide bonds. The van der Waals surface area contributed by atoms with Crippen molar-refractivity contribution in [2.75, 3.05) is 18.6 Å². The van der Waals surface area contributed by atoms with E-state index < -0.39 is 0 Å². The van der Waals surface area contributed by atoms with Gasteiger partial charge in [0, 0.05) is 6.54 Å². The third-order valence-electron chi connectivity index (χ3n) is 5.71. The number of aliphatic hydroxyl groups excluding tert-OH is 1. The number of thioether (sulfide) groups is 1. The summed E-state index contributed by atoms with van der Waals surface area (Å²) in [5.74, 6) is 2.78. The first-order valence-corrected chi connectivity index (χ1v) is 12.8. The molecule has 0 aromatic heterocycles. The van der Waals surface area contributed by atoms with Gasteiger partial charge in [-0.05, 0) is 78.1 Å². The average molecular weight is 450 g/mol. The highest BCUT2D eigenvalue weighted by atomic mass is 32.2. The van der Waals surface area contributed by atoms with Crippen molar-refractivity contribution in [1.29, 1.82) is 0 Å². The van der Waals surface area contributed by atoms with Gasteiger partial charge in [-0.15, -0.1) is 0 Å². The highest BCUT2D eigenvalue weighted by Crippen LogP contribution is 2.19. The zero-order chi connectivity index (χ0) is 22.4. The molecule has 4 heteroatoms. The Hall–Kier alpha value is -2.27. The Morgan fingerprint density at radius 2 is 1.50 bits per heavy atom. The van der Waals surface area contributed by atoms with Crippen LogP contribution in [0, 0.1) is 5.92 Å². The Morgan fingerprint density at radius 3 is 2.19 bits per heavy atom. The van der Waals surface area contributed by atoms with Gasteiger partial charge >= 0.3 is 0 Å². The Balaban J connectivity index is 1.43. The van der Waals surface area contributed by atoms with Crippen LogP contribution in [-0.2, 0) is 26.2 Å². The van der Waals surface area contributed by atoms with Crippen molar-refractivity contribution in [2.45, 2.75) is 39.0 Å². The monoisotopic (exact) mass is 449 g/mol. The van der Waals surface area contributed by atoms with Gasteiger partial charge in [-0.1, -0.05) is 66.7 Å². The highest BCUT2D eigenvalue weighted by molar-refractivity contribution is 7.98. The van der Waals surface area contributed by atoms with E-state index in [2.05, 4.69) is 60.1 Å². The molecule has 0 heterocycles. The molecule has 0 spiro atoms. The van der Waals surface area contributed by atoms with Gasteiger partial charge in [0.2, 0.25) is 0 Å². The Morgan fingerprint density at radius 1 is 0.812 bits per heavy atom. The first-order valence-electron chi connectivity index (χ1n) is 11.4. The van der Waals surface area contributed by atoms with Crippen LogP contribution in [0.5, 0.6) is 5.75 Å². The molecular formula is C28H35NO2S.